The second kappa shape index (κ2) is 9.22. The molecule has 0 radical (unpaired) electrons. The Hall–Kier alpha value is 0.270. The fourth-order valence-electron chi connectivity index (χ4n) is 3.09. The van der Waals surface area contributed by atoms with Gasteiger partial charge in [-0.3, -0.25) is 4.90 Å². The first-order chi connectivity index (χ1) is 8.69. The van der Waals surface area contributed by atoms with Crippen LogP contribution in [0.2, 0.25) is 0 Å². The van der Waals surface area contributed by atoms with Gasteiger partial charge in [0, 0.05) is 12.6 Å². The summed E-state index contributed by atoms with van der Waals surface area (Å²) in [6.07, 6.45) is 8.93. The molecule has 0 aliphatic carbocycles. The smallest absolute Gasteiger partial charge is 0.0218 e. The van der Waals surface area contributed by atoms with Crippen molar-refractivity contribution in [2.45, 2.75) is 52.0 Å². The Labute approximate surface area is 118 Å². The summed E-state index contributed by atoms with van der Waals surface area (Å²) < 4.78 is 0. The van der Waals surface area contributed by atoms with Gasteiger partial charge in [-0.25, -0.2) is 0 Å². The van der Waals surface area contributed by atoms with Crippen molar-refractivity contribution < 1.29 is 0 Å². The van der Waals surface area contributed by atoms with Gasteiger partial charge < -0.3 is 5.73 Å². The molecular weight excluding hydrogens is 240 g/mol. The van der Waals surface area contributed by atoms with Gasteiger partial charge in [0.15, 0.2) is 0 Å². The summed E-state index contributed by atoms with van der Waals surface area (Å²) in [7, 11) is 0. The highest BCUT2D eigenvalue weighted by Crippen LogP contribution is 2.26. The molecule has 1 fully saturated rings. The third-order valence-corrected chi connectivity index (χ3v) is 5.12. The maximum atomic E-state index is 5.98. The van der Waals surface area contributed by atoms with E-state index in [9.17, 15) is 0 Å². The van der Waals surface area contributed by atoms with Crippen LogP contribution in [0, 0.1) is 11.8 Å². The third kappa shape index (κ3) is 5.50. The van der Waals surface area contributed by atoms with Crippen LogP contribution in [0.15, 0.2) is 0 Å². The quantitative estimate of drug-likeness (QED) is 0.722. The molecule has 1 heterocycles. The van der Waals surface area contributed by atoms with Gasteiger partial charge >= 0.3 is 0 Å². The first-order valence-corrected chi connectivity index (χ1v) is 9.01. The third-order valence-electron chi connectivity index (χ3n) is 4.42. The van der Waals surface area contributed by atoms with Crippen molar-refractivity contribution in [1.29, 1.82) is 0 Å². The van der Waals surface area contributed by atoms with E-state index in [1.54, 1.807) is 0 Å². The zero-order chi connectivity index (χ0) is 13.4. The number of rotatable bonds is 7. The number of thioether (sulfide) groups is 1. The molecule has 0 saturated carbocycles. The SMILES string of the molecule is CSCCCC(CN)N1CCCC(C(C)C)CC1. The van der Waals surface area contributed by atoms with Crippen molar-refractivity contribution in [2.24, 2.45) is 17.6 Å². The number of hydrogen-bond donors (Lipinski definition) is 1. The van der Waals surface area contributed by atoms with Gasteiger partial charge in [0.1, 0.15) is 0 Å². The van der Waals surface area contributed by atoms with Crippen molar-refractivity contribution in [2.75, 3.05) is 31.6 Å². The van der Waals surface area contributed by atoms with Crippen LogP contribution in [0.4, 0.5) is 0 Å². The lowest BCUT2D eigenvalue weighted by atomic mass is 9.89. The zero-order valence-corrected chi connectivity index (χ0v) is 13.3. The molecule has 0 bridgehead atoms. The Balaban J connectivity index is 2.39. The van der Waals surface area contributed by atoms with Crippen molar-refractivity contribution >= 4 is 11.8 Å². The highest BCUT2D eigenvalue weighted by molar-refractivity contribution is 7.98. The van der Waals surface area contributed by atoms with Gasteiger partial charge in [-0.05, 0) is 69.0 Å². The van der Waals surface area contributed by atoms with Crippen LogP contribution in [-0.4, -0.2) is 42.6 Å². The molecule has 108 valence electrons. The maximum absolute atomic E-state index is 5.98. The molecule has 1 rings (SSSR count). The number of nitrogens with two attached hydrogens (primary N) is 1. The monoisotopic (exact) mass is 272 g/mol. The average molecular weight is 273 g/mol. The molecule has 18 heavy (non-hydrogen) atoms. The van der Waals surface area contributed by atoms with Crippen molar-refractivity contribution in [3.63, 3.8) is 0 Å². The Morgan fingerprint density at radius 3 is 2.67 bits per heavy atom. The molecule has 2 atom stereocenters. The maximum Gasteiger partial charge on any atom is 0.0218 e. The van der Waals surface area contributed by atoms with E-state index in [2.05, 4.69) is 25.0 Å². The predicted molar refractivity (Wildman–Crippen MR) is 84.2 cm³/mol. The largest absolute Gasteiger partial charge is 0.329 e. The summed E-state index contributed by atoms with van der Waals surface area (Å²) in [4.78, 5) is 2.67. The van der Waals surface area contributed by atoms with Crippen molar-refractivity contribution in [3.8, 4) is 0 Å². The Morgan fingerprint density at radius 1 is 1.28 bits per heavy atom. The average Bonchev–Trinajstić information content (AvgIpc) is 2.60. The molecule has 0 aromatic rings. The summed E-state index contributed by atoms with van der Waals surface area (Å²) in [5.74, 6) is 3.05. The Morgan fingerprint density at radius 2 is 2.06 bits per heavy atom. The number of likely N-dealkylation sites (tertiary alicyclic amines) is 1. The van der Waals surface area contributed by atoms with E-state index in [4.69, 9.17) is 5.73 Å². The minimum atomic E-state index is 0.628. The summed E-state index contributed by atoms with van der Waals surface area (Å²) in [6.45, 7) is 8.12. The van der Waals surface area contributed by atoms with Gasteiger partial charge in [-0.1, -0.05) is 13.8 Å². The summed E-state index contributed by atoms with van der Waals surface area (Å²) in [5, 5.41) is 0. The van der Waals surface area contributed by atoms with Gasteiger partial charge in [-0.15, -0.1) is 0 Å². The van der Waals surface area contributed by atoms with Crippen molar-refractivity contribution in [1.82, 2.24) is 4.90 Å². The lowest BCUT2D eigenvalue weighted by molar-refractivity contribution is 0.192. The molecule has 0 spiro atoms. The van der Waals surface area contributed by atoms with Gasteiger partial charge in [-0.2, -0.15) is 11.8 Å². The molecule has 1 aliphatic rings. The number of hydrogen-bond acceptors (Lipinski definition) is 3. The highest BCUT2D eigenvalue weighted by atomic mass is 32.2. The number of nitrogens with zero attached hydrogens (tertiary/aromatic N) is 1. The van der Waals surface area contributed by atoms with E-state index in [0.29, 0.717) is 6.04 Å². The lowest BCUT2D eigenvalue weighted by Gasteiger charge is -2.30. The van der Waals surface area contributed by atoms with Crippen molar-refractivity contribution in [3.05, 3.63) is 0 Å². The first-order valence-electron chi connectivity index (χ1n) is 7.62. The molecule has 0 aromatic heterocycles. The first kappa shape index (κ1) is 16.3. The fraction of sp³-hybridized carbons (Fsp3) is 1.00. The summed E-state index contributed by atoms with van der Waals surface area (Å²) >= 11 is 1.95. The van der Waals surface area contributed by atoms with E-state index in [0.717, 1.165) is 18.4 Å². The minimum Gasteiger partial charge on any atom is -0.329 e. The van der Waals surface area contributed by atoms with E-state index in [-0.39, 0.29) is 0 Å². The van der Waals surface area contributed by atoms with E-state index < -0.39 is 0 Å². The second-order valence-corrected chi connectivity index (χ2v) is 6.98. The van der Waals surface area contributed by atoms with Crippen LogP contribution < -0.4 is 5.73 Å². The molecule has 2 nitrogen and oxygen atoms in total. The molecule has 0 amide bonds. The standard InChI is InChI=1S/C15H32N2S/c1-13(2)14-6-4-9-17(10-8-14)15(12-16)7-5-11-18-3/h13-15H,4-12,16H2,1-3H3. The second-order valence-electron chi connectivity index (χ2n) is 6.00. The van der Waals surface area contributed by atoms with Crippen LogP contribution in [-0.2, 0) is 0 Å². The normalized spacial score (nSPS) is 24.2. The highest BCUT2D eigenvalue weighted by Gasteiger charge is 2.23. The van der Waals surface area contributed by atoms with Crippen LogP contribution in [0.1, 0.15) is 46.0 Å². The molecular formula is C15H32N2S. The molecule has 1 saturated heterocycles. The molecule has 2 unspecified atom stereocenters. The molecule has 1 aliphatic heterocycles. The topological polar surface area (TPSA) is 29.3 Å². The summed E-state index contributed by atoms with van der Waals surface area (Å²) in [6, 6.07) is 0.628. The van der Waals surface area contributed by atoms with Gasteiger partial charge in [0.25, 0.3) is 0 Å². The van der Waals surface area contributed by atoms with Crippen LogP contribution in [0.5, 0.6) is 0 Å². The predicted octanol–water partition coefficient (Wildman–Crippen LogP) is 3.22. The van der Waals surface area contributed by atoms with Gasteiger partial charge in [0.2, 0.25) is 0 Å². The molecule has 0 aromatic carbocycles. The summed E-state index contributed by atoms with van der Waals surface area (Å²) in [5.41, 5.74) is 5.98. The Kier molecular flexibility index (Phi) is 8.36. The van der Waals surface area contributed by atoms with Crippen LogP contribution >= 0.6 is 11.8 Å². The van der Waals surface area contributed by atoms with E-state index >= 15 is 0 Å². The van der Waals surface area contributed by atoms with Crippen LogP contribution in [0.25, 0.3) is 0 Å². The van der Waals surface area contributed by atoms with E-state index in [1.165, 1.54) is 50.9 Å². The van der Waals surface area contributed by atoms with E-state index in [1.807, 2.05) is 11.8 Å². The molecule has 3 heteroatoms. The minimum absolute atomic E-state index is 0.628. The van der Waals surface area contributed by atoms with Gasteiger partial charge in [0.05, 0.1) is 0 Å². The van der Waals surface area contributed by atoms with Crippen LogP contribution in [0.3, 0.4) is 0 Å². The zero-order valence-electron chi connectivity index (χ0n) is 12.5. The lowest BCUT2D eigenvalue weighted by Crippen LogP contribution is -2.41. The Bertz CT molecular complexity index is 209. The molecule has 2 N–H and O–H groups in total. The fourth-order valence-corrected chi connectivity index (χ4v) is 3.54.